The number of pyridine rings is 1. The van der Waals surface area contributed by atoms with Crippen molar-refractivity contribution in [1.82, 2.24) is 19.2 Å². The van der Waals surface area contributed by atoms with Crippen LogP contribution in [0, 0.1) is 12.7 Å². The third-order valence-corrected chi connectivity index (χ3v) is 5.09. The Labute approximate surface area is 163 Å². The van der Waals surface area contributed by atoms with Gasteiger partial charge in [-0.3, -0.25) is 14.6 Å². The minimum absolute atomic E-state index is 0.114. The van der Waals surface area contributed by atoms with Gasteiger partial charge in [-0.25, -0.2) is 9.37 Å². The lowest BCUT2D eigenvalue weighted by molar-refractivity contribution is -0.117. The fourth-order valence-electron chi connectivity index (χ4n) is 3.47. The van der Waals surface area contributed by atoms with Gasteiger partial charge in [-0.15, -0.1) is 0 Å². The van der Waals surface area contributed by atoms with Crippen LogP contribution in [0.4, 0.5) is 10.1 Å². The number of nitrogens with one attached hydrogen (secondary N) is 1. The number of carbonyl (C=O) groups excluding carboxylic acids is 1. The van der Waals surface area contributed by atoms with Crippen molar-refractivity contribution in [2.45, 2.75) is 13.5 Å². The van der Waals surface area contributed by atoms with E-state index in [2.05, 4.69) is 26.3 Å². The lowest BCUT2D eigenvalue weighted by atomic mass is 10.2. The molecule has 146 valence electrons. The van der Waals surface area contributed by atoms with Crippen LogP contribution >= 0.6 is 0 Å². The number of anilines is 1. The van der Waals surface area contributed by atoms with E-state index in [4.69, 9.17) is 0 Å². The number of amides is 1. The van der Waals surface area contributed by atoms with Crippen molar-refractivity contribution in [3.05, 3.63) is 65.9 Å². The molecule has 1 fully saturated rings. The molecule has 0 unspecified atom stereocenters. The van der Waals surface area contributed by atoms with Crippen LogP contribution < -0.4 is 5.32 Å². The van der Waals surface area contributed by atoms with Crippen molar-refractivity contribution in [3.8, 4) is 0 Å². The number of nitrogens with zero attached hydrogens (tertiary/aromatic N) is 4. The van der Waals surface area contributed by atoms with E-state index >= 15 is 0 Å². The summed E-state index contributed by atoms with van der Waals surface area (Å²) in [6.07, 6.45) is 4.07. The lowest BCUT2D eigenvalue weighted by Gasteiger charge is -2.33. The molecule has 4 rings (SSSR count). The topological polar surface area (TPSA) is 52.9 Å². The maximum Gasteiger partial charge on any atom is 0.238 e. The fourth-order valence-corrected chi connectivity index (χ4v) is 3.47. The Kier molecular flexibility index (Phi) is 5.36. The number of fused-ring (bicyclic) bond motifs is 1. The van der Waals surface area contributed by atoms with Gasteiger partial charge < -0.3 is 9.72 Å². The molecular weight excluding hydrogens is 357 g/mol. The second kappa shape index (κ2) is 8.08. The lowest BCUT2D eigenvalue weighted by Crippen LogP contribution is -2.48. The molecule has 0 atom stereocenters. The second-order valence-corrected chi connectivity index (χ2v) is 7.26. The molecule has 0 saturated carbocycles. The standard InChI is InChI=1S/C21H24FN5O/c1-16-5-6-17(12-19(16)22)24-21(28)15-26-10-8-25(9-11-26)13-18-14-27-7-3-2-4-20(27)23-18/h2-7,12,14H,8-11,13,15H2,1H3,(H,24,28). The summed E-state index contributed by atoms with van der Waals surface area (Å²) in [6, 6.07) is 10.7. The molecule has 3 aromatic rings. The Morgan fingerprint density at radius 1 is 1.14 bits per heavy atom. The van der Waals surface area contributed by atoms with E-state index in [1.165, 1.54) is 6.07 Å². The molecule has 1 aliphatic heterocycles. The highest BCUT2D eigenvalue weighted by atomic mass is 19.1. The first-order valence-corrected chi connectivity index (χ1v) is 9.50. The van der Waals surface area contributed by atoms with Crippen LogP contribution in [-0.2, 0) is 11.3 Å². The number of carbonyl (C=O) groups is 1. The van der Waals surface area contributed by atoms with Crippen LogP contribution in [0.2, 0.25) is 0 Å². The molecule has 0 bridgehead atoms. The molecule has 3 heterocycles. The summed E-state index contributed by atoms with van der Waals surface area (Å²) in [4.78, 5) is 21.4. The van der Waals surface area contributed by atoms with Gasteiger partial charge in [0.2, 0.25) is 5.91 Å². The minimum Gasteiger partial charge on any atom is -0.325 e. The molecule has 28 heavy (non-hydrogen) atoms. The van der Waals surface area contributed by atoms with Crippen LogP contribution in [0.1, 0.15) is 11.3 Å². The minimum atomic E-state index is -0.307. The molecule has 1 aliphatic rings. The van der Waals surface area contributed by atoms with Crippen LogP contribution in [0.3, 0.4) is 0 Å². The molecule has 1 aromatic carbocycles. The van der Waals surface area contributed by atoms with Crippen LogP contribution in [0.5, 0.6) is 0 Å². The highest BCUT2D eigenvalue weighted by molar-refractivity contribution is 5.92. The number of imidazole rings is 1. The zero-order valence-corrected chi connectivity index (χ0v) is 15.9. The van der Waals surface area contributed by atoms with Crippen LogP contribution in [0.15, 0.2) is 48.8 Å². The van der Waals surface area contributed by atoms with Crippen LogP contribution in [-0.4, -0.2) is 57.8 Å². The molecule has 0 spiro atoms. The van der Waals surface area contributed by atoms with Crippen molar-refractivity contribution in [3.63, 3.8) is 0 Å². The fraction of sp³-hybridized carbons (Fsp3) is 0.333. The summed E-state index contributed by atoms with van der Waals surface area (Å²) < 4.78 is 15.6. The summed E-state index contributed by atoms with van der Waals surface area (Å²) >= 11 is 0. The number of hydrogen-bond acceptors (Lipinski definition) is 4. The normalized spacial score (nSPS) is 15.8. The average molecular weight is 381 g/mol. The van der Waals surface area contributed by atoms with E-state index in [0.717, 1.165) is 44.1 Å². The van der Waals surface area contributed by atoms with Gasteiger partial charge in [-0.05, 0) is 36.8 Å². The van der Waals surface area contributed by atoms with E-state index in [1.807, 2.05) is 28.8 Å². The zero-order chi connectivity index (χ0) is 19.5. The SMILES string of the molecule is Cc1ccc(NC(=O)CN2CCN(Cc3cn4ccccc4n3)CC2)cc1F. The van der Waals surface area contributed by atoms with E-state index in [9.17, 15) is 9.18 Å². The molecule has 7 heteroatoms. The van der Waals surface area contributed by atoms with Gasteiger partial charge in [0, 0.05) is 50.8 Å². The van der Waals surface area contributed by atoms with E-state index in [-0.39, 0.29) is 11.7 Å². The molecule has 2 aromatic heterocycles. The molecule has 1 saturated heterocycles. The molecule has 6 nitrogen and oxygen atoms in total. The molecule has 1 N–H and O–H groups in total. The number of benzene rings is 1. The Balaban J connectivity index is 1.25. The Morgan fingerprint density at radius 2 is 1.93 bits per heavy atom. The van der Waals surface area contributed by atoms with Gasteiger partial charge in [-0.1, -0.05) is 12.1 Å². The molecular formula is C21H24FN5O. The largest absolute Gasteiger partial charge is 0.325 e. The van der Waals surface area contributed by atoms with Gasteiger partial charge in [0.1, 0.15) is 11.5 Å². The molecule has 1 amide bonds. The number of rotatable bonds is 5. The highest BCUT2D eigenvalue weighted by Gasteiger charge is 2.20. The van der Waals surface area contributed by atoms with E-state index in [0.29, 0.717) is 17.8 Å². The quantitative estimate of drug-likeness (QED) is 0.738. The number of halogens is 1. The predicted octanol–water partition coefficient (Wildman–Crippen LogP) is 2.54. The van der Waals surface area contributed by atoms with E-state index in [1.54, 1.807) is 19.1 Å². The maximum atomic E-state index is 13.6. The van der Waals surface area contributed by atoms with E-state index < -0.39 is 0 Å². The summed E-state index contributed by atoms with van der Waals surface area (Å²) in [5.41, 5.74) is 3.08. The van der Waals surface area contributed by atoms with Crippen molar-refractivity contribution < 1.29 is 9.18 Å². The van der Waals surface area contributed by atoms with Crippen molar-refractivity contribution in [1.29, 1.82) is 0 Å². The Morgan fingerprint density at radius 3 is 2.68 bits per heavy atom. The van der Waals surface area contributed by atoms with Gasteiger partial charge >= 0.3 is 0 Å². The first-order chi connectivity index (χ1) is 13.6. The predicted molar refractivity (Wildman–Crippen MR) is 107 cm³/mol. The summed E-state index contributed by atoms with van der Waals surface area (Å²) in [5, 5.41) is 2.78. The first-order valence-electron chi connectivity index (χ1n) is 9.50. The Bertz CT molecular complexity index is 945. The average Bonchev–Trinajstić information content (AvgIpc) is 3.08. The third-order valence-electron chi connectivity index (χ3n) is 5.09. The molecule has 0 aliphatic carbocycles. The number of aryl methyl sites for hydroxylation is 1. The van der Waals surface area contributed by atoms with Crippen molar-refractivity contribution in [2.24, 2.45) is 0 Å². The third kappa shape index (κ3) is 4.37. The smallest absolute Gasteiger partial charge is 0.238 e. The molecule has 0 radical (unpaired) electrons. The maximum absolute atomic E-state index is 13.6. The van der Waals surface area contributed by atoms with Gasteiger partial charge in [0.15, 0.2) is 0 Å². The number of aromatic nitrogens is 2. The van der Waals surface area contributed by atoms with Crippen molar-refractivity contribution in [2.75, 3.05) is 38.0 Å². The van der Waals surface area contributed by atoms with Gasteiger partial charge in [-0.2, -0.15) is 0 Å². The van der Waals surface area contributed by atoms with Crippen LogP contribution in [0.25, 0.3) is 5.65 Å². The van der Waals surface area contributed by atoms with Crippen molar-refractivity contribution >= 4 is 17.2 Å². The summed E-state index contributed by atoms with van der Waals surface area (Å²) in [7, 11) is 0. The zero-order valence-electron chi connectivity index (χ0n) is 15.9. The summed E-state index contributed by atoms with van der Waals surface area (Å²) in [6.45, 7) is 6.25. The van der Waals surface area contributed by atoms with Gasteiger partial charge in [0.25, 0.3) is 0 Å². The monoisotopic (exact) mass is 381 g/mol. The second-order valence-electron chi connectivity index (χ2n) is 7.26. The number of piperazine rings is 1. The first kappa shape index (κ1) is 18.6. The number of hydrogen-bond donors (Lipinski definition) is 1. The Hall–Kier alpha value is -2.77. The highest BCUT2D eigenvalue weighted by Crippen LogP contribution is 2.14. The van der Waals surface area contributed by atoms with Gasteiger partial charge in [0.05, 0.1) is 12.2 Å². The summed E-state index contributed by atoms with van der Waals surface area (Å²) in [5.74, 6) is -0.421.